The minimum absolute atomic E-state index is 0.471. The summed E-state index contributed by atoms with van der Waals surface area (Å²) in [6.07, 6.45) is 10.5. The maximum atomic E-state index is 5.22. The van der Waals surface area contributed by atoms with E-state index in [0.29, 0.717) is 12.0 Å². The third-order valence-electron chi connectivity index (χ3n) is 3.44. The Balaban J connectivity index is 2.46. The topological polar surface area (TPSA) is 36.4 Å². The van der Waals surface area contributed by atoms with E-state index in [-0.39, 0.29) is 0 Å². The highest BCUT2D eigenvalue weighted by atomic mass is 15.2. The van der Waals surface area contributed by atoms with Gasteiger partial charge in [0.1, 0.15) is 0 Å². The van der Waals surface area contributed by atoms with E-state index in [1.54, 1.807) is 0 Å². The normalized spacial score (nSPS) is 18.4. The van der Waals surface area contributed by atoms with Crippen molar-refractivity contribution in [3.63, 3.8) is 0 Å². The van der Waals surface area contributed by atoms with Crippen molar-refractivity contribution >= 4 is 5.96 Å². The Morgan fingerprint density at radius 2 is 2.12 bits per heavy atom. The summed E-state index contributed by atoms with van der Waals surface area (Å²) < 4.78 is 0. The standard InChI is InChI=1S/C13H23N3/c1-4-10-15-12(14-6-3)16-11-13(5-2)8-7-9-13/h1H,5-11H2,2-3H3,(H2,14,15,16). The van der Waals surface area contributed by atoms with Crippen molar-refractivity contribution in [3.05, 3.63) is 0 Å². The van der Waals surface area contributed by atoms with Crippen LogP contribution in [0.5, 0.6) is 0 Å². The van der Waals surface area contributed by atoms with E-state index in [4.69, 9.17) is 6.42 Å². The summed E-state index contributed by atoms with van der Waals surface area (Å²) in [5, 5.41) is 6.32. The molecule has 0 radical (unpaired) electrons. The Kier molecular flexibility index (Phi) is 5.18. The summed E-state index contributed by atoms with van der Waals surface area (Å²) in [5.41, 5.74) is 0.471. The summed E-state index contributed by atoms with van der Waals surface area (Å²) in [7, 11) is 0. The second-order valence-electron chi connectivity index (χ2n) is 4.46. The van der Waals surface area contributed by atoms with Gasteiger partial charge in [0.2, 0.25) is 0 Å². The van der Waals surface area contributed by atoms with Crippen molar-refractivity contribution < 1.29 is 0 Å². The van der Waals surface area contributed by atoms with E-state index in [1.807, 2.05) is 0 Å². The summed E-state index contributed by atoms with van der Waals surface area (Å²) in [5.74, 6) is 3.41. The SMILES string of the molecule is C#CCNC(=NCC1(CC)CCC1)NCC. The Hall–Kier alpha value is -1.17. The first-order chi connectivity index (χ1) is 7.76. The molecule has 3 heteroatoms. The van der Waals surface area contributed by atoms with Crippen LogP contribution in [-0.4, -0.2) is 25.6 Å². The van der Waals surface area contributed by atoms with E-state index >= 15 is 0 Å². The number of hydrogen-bond acceptors (Lipinski definition) is 1. The number of nitrogens with zero attached hydrogens (tertiary/aromatic N) is 1. The fourth-order valence-electron chi connectivity index (χ4n) is 2.02. The lowest BCUT2D eigenvalue weighted by Crippen LogP contribution is -2.39. The second kappa shape index (κ2) is 6.42. The molecule has 1 aliphatic rings. The van der Waals surface area contributed by atoms with Crippen LogP contribution >= 0.6 is 0 Å². The maximum absolute atomic E-state index is 5.22. The van der Waals surface area contributed by atoms with Crippen LogP contribution in [0.3, 0.4) is 0 Å². The largest absolute Gasteiger partial charge is 0.357 e. The molecular formula is C13H23N3. The van der Waals surface area contributed by atoms with Crippen LogP contribution in [0, 0.1) is 17.8 Å². The minimum atomic E-state index is 0.471. The molecule has 1 rings (SSSR count). The first-order valence-electron chi connectivity index (χ1n) is 6.22. The van der Waals surface area contributed by atoms with Gasteiger partial charge in [0.15, 0.2) is 5.96 Å². The number of nitrogens with one attached hydrogen (secondary N) is 2. The molecule has 0 atom stereocenters. The quantitative estimate of drug-likeness (QED) is 0.421. The van der Waals surface area contributed by atoms with Crippen LogP contribution in [0.4, 0.5) is 0 Å². The molecule has 0 unspecified atom stereocenters. The van der Waals surface area contributed by atoms with Gasteiger partial charge in [0.25, 0.3) is 0 Å². The van der Waals surface area contributed by atoms with Crippen molar-refractivity contribution in [2.75, 3.05) is 19.6 Å². The van der Waals surface area contributed by atoms with Crippen LogP contribution in [0.2, 0.25) is 0 Å². The van der Waals surface area contributed by atoms with Gasteiger partial charge in [0, 0.05) is 13.1 Å². The third-order valence-corrected chi connectivity index (χ3v) is 3.44. The highest BCUT2D eigenvalue weighted by Crippen LogP contribution is 2.43. The number of rotatable bonds is 5. The van der Waals surface area contributed by atoms with Crippen molar-refractivity contribution in [2.24, 2.45) is 10.4 Å². The highest BCUT2D eigenvalue weighted by molar-refractivity contribution is 5.80. The van der Waals surface area contributed by atoms with Crippen molar-refractivity contribution in [3.8, 4) is 12.3 Å². The van der Waals surface area contributed by atoms with E-state index in [1.165, 1.54) is 25.7 Å². The molecule has 0 aromatic heterocycles. The molecule has 0 saturated heterocycles. The first kappa shape index (κ1) is 12.9. The minimum Gasteiger partial charge on any atom is -0.357 e. The fourth-order valence-corrected chi connectivity index (χ4v) is 2.02. The smallest absolute Gasteiger partial charge is 0.192 e. The van der Waals surface area contributed by atoms with Crippen LogP contribution < -0.4 is 10.6 Å². The van der Waals surface area contributed by atoms with Gasteiger partial charge in [-0.15, -0.1) is 6.42 Å². The van der Waals surface area contributed by atoms with E-state index in [2.05, 4.69) is 35.4 Å². The number of hydrogen-bond donors (Lipinski definition) is 2. The summed E-state index contributed by atoms with van der Waals surface area (Å²) in [6.45, 7) is 6.65. The maximum Gasteiger partial charge on any atom is 0.192 e. The molecule has 0 aliphatic heterocycles. The highest BCUT2D eigenvalue weighted by Gasteiger charge is 2.34. The van der Waals surface area contributed by atoms with Crippen LogP contribution in [0.25, 0.3) is 0 Å². The lowest BCUT2D eigenvalue weighted by molar-refractivity contribution is 0.139. The molecule has 2 N–H and O–H groups in total. The van der Waals surface area contributed by atoms with Gasteiger partial charge in [-0.25, -0.2) is 0 Å². The summed E-state index contributed by atoms with van der Waals surface area (Å²) >= 11 is 0. The Morgan fingerprint density at radius 3 is 2.56 bits per heavy atom. The number of aliphatic imine (C=N–C) groups is 1. The van der Waals surface area contributed by atoms with E-state index in [0.717, 1.165) is 19.0 Å². The average Bonchev–Trinajstić information content (AvgIpc) is 2.24. The zero-order valence-electron chi connectivity index (χ0n) is 10.5. The van der Waals surface area contributed by atoms with Gasteiger partial charge in [-0.3, -0.25) is 4.99 Å². The number of guanidine groups is 1. The zero-order chi connectivity index (χ0) is 11.9. The monoisotopic (exact) mass is 221 g/mol. The van der Waals surface area contributed by atoms with Gasteiger partial charge < -0.3 is 10.6 Å². The lowest BCUT2D eigenvalue weighted by atomic mass is 9.67. The van der Waals surface area contributed by atoms with Crippen LogP contribution in [0.15, 0.2) is 4.99 Å². The van der Waals surface area contributed by atoms with Crippen molar-refractivity contribution in [1.82, 2.24) is 10.6 Å². The zero-order valence-corrected chi connectivity index (χ0v) is 10.5. The number of terminal acetylenes is 1. The second-order valence-corrected chi connectivity index (χ2v) is 4.46. The molecule has 0 aromatic carbocycles. The molecular weight excluding hydrogens is 198 g/mol. The van der Waals surface area contributed by atoms with E-state index in [9.17, 15) is 0 Å². The molecule has 1 saturated carbocycles. The molecule has 1 fully saturated rings. The average molecular weight is 221 g/mol. The van der Waals surface area contributed by atoms with Crippen LogP contribution in [-0.2, 0) is 0 Å². The van der Waals surface area contributed by atoms with Gasteiger partial charge in [0.05, 0.1) is 6.54 Å². The Labute approximate surface area is 99.1 Å². The molecule has 3 nitrogen and oxygen atoms in total. The molecule has 90 valence electrons. The molecule has 1 aliphatic carbocycles. The molecule has 0 aromatic rings. The lowest BCUT2D eigenvalue weighted by Gasteiger charge is -2.40. The molecule has 0 bridgehead atoms. The summed E-state index contributed by atoms with van der Waals surface area (Å²) in [4.78, 5) is 4.61. The van der Waals surface area contributed by atoms with Gasteiger partial charge in [-0.2, -0.15) is 0 Å². The Bertz CT molecular complexity index is 266. The van der Waals surface area contributed by atoms with Gasteiger partial charge in [-0.1, -0.05) is 19.3 Å². The van der Waals surface area contributed by atoms with Crippen LogP contribution in [0.1, 0.15) is 39.5 Å². The van der Waals surface area contributed by atoms with E-state index < -0.39 is 0 Å². The molecule has 16 heavy (non-hydrogen) atoms. The predicted molar refractivity (Wildman–Crippen MR) is 69.4 cm³/mol. The molecule has 0 amide bonds. The van der Waals surface area contributed by atoms with Gasteiger partial charge in [-0.05, 0) is 31.6 Å². The molecule has 0 heterocycles. The van der Waals surface area contributed by atoms with Crippen molar-refractivity contribution in [1.29, 1.82) is 0 Å². The summed E-state index contributed by atoms with van der Waals surface area (Å²) in [6, 6.07) is 0. The van der Waals surface area contributed by atoms with Crippen molar-refractivity contribution in [2.45, 2.75) is 39.5 Å². The molecule has 0 spiro atoms. The first-order valence-corrected chi connectivity index (χ1v) is 6.22. The third kappa shape index (κ3) is 3.44. The fraction of sp³-hybridized carbons (Fsp3) is 0.769. The van der Waals surface area contributed by atoms with Gasteiger partial charge >= 0.3 is 0 Å². The Morgan fingerprint density at radius 1 is 1.38 bits per heavy atom. The predicted octanol–water partition coefficient (Wildman–Crippen LogP) is 1.75.